The van der Waals surface area contributed by atoms with Crippen molar-refractivity contribution in [3.63, 3.8) is 0 Å². The number of rotatable bonds is 7. The van der Waals surface area contributed by atoms with Crippen LogP contribution >= 0.6 is 0 Å². The first-order valence-corrected chi connectivity index (χ1v) is 7.90. The monoisotopic (exact) mass is 277 g/mol. The van der Waals surface area contributed by atoms with Gasteiger partial charge in [-0.3, -0.25) is 0 Å². The van der Waals surface area contributed by atoms with Gasteiger partial charge < -0.3 is 15.2 Å². The maximum atomic E-state index is 9.95. The first-order chi connectivity index (χ1) is 9.79. The largest absolute Gasteiger partial charge is 0.494 e. The number of hydrogen-bond donors (Lipinski definition) is 2. The molecule has 1 saturated carbocycles. The highest BCUT2D eigenvalue weighted by molar-refractivity contribution is 5.28. The van der Waals surface area contributed by atoms with Gasteiger partial charge >= 0.3 is 0 Å². The fourth-order valence-electron chi connectivity index (χ4n) is 2.79. The van der Waals surface area contributed by atoms with Crippen LogP contribution in [0, 0.1) is 5.92 Å². The zero-order chi connectivity index (χ0) is 14.2. The third-order valence-corrected chi connectivity index (χ3v) is 3.98. The van der Waals surface area contributed by atoms with E-state index in [1.54, 1.807) is 0 Å². The molecule has 2 unspecified atom stereocenters. The van der Waals surface area contributed by atoms with Gasteiger partial charge in [0.15, 0.2) is 0 Å². The summed E-state index contributed by atoms with van der Waals surface area (Å²) in [5.41, 5.74) is 1.24. The standard InChI is InChI=1S/C17H27NO2/c1-2-10-20-16-8-5-6-14(11-16)12-18-13-15-7-3-4-9-17(15)19/h5-6,8,11,15,17-19H,2-4,7,9-10,12-13H2,1H3. The van der Waals surface area contributed by atoms with Crippen molar-refractivity contribution in [2.75, 3.05) is 13.2 Å². The average molecular weight is 277 g/mol. The van der Waals surface area contributed by atoms with Crippen LogP contribution < -0.4 is 10.1 Å². The molecule has 20 heavy (non-hydrogen) atoms. The van der Waals surface area contributed by atoms with Gasteiger partial charge in [-0.25, -0.2) is 0 Å². The van der Waals surface area contributed by atoms with Gasteiger partial charge in [0, 0.05) is 13.1 Å². The van der Waals surface area contributed by atoms with Crippen LogP contribution in [0.15, 0.2) is 24.3 Å². The second-order valence-corrected chi connectivity index (χ2v) is 5.74. The number of aliphatic hydroxyl groups is 1. The minimum atomic E-state index is -0.115. The van der Waals surface area contributed by atoms with Crippen LogP contribution in [0.5, 0.6) is 5.75 Å². The van der Waals surface area contributed by atoms with Gasteiger partial charge in [-0.1, -0.05) is 31.9 Å². The van der Waals surface area contributed by atoms with Crippen LogP contribution in [-0.4, -0.2) is 24.4 Å². The molecule has 0 aromatic heterocycles. The molecule has 112 valence electrons. The fourth-order valence-corrected chi connectivity index (χ4v) is 2.79. The third-order valence-electron chi connectivity index (χ3n) is 3.98. The zero-order valence-corrected chi connectivity index (χ0v) is 12.5. The van der Waals surface area contributed by atoms with Crippen molar-refractivity contribution < 1.29 is 9.84 Å². The Morgan fingerprint density at radius 2 is 2.15 bits per heavy atom. The Labute approximate surface area is 122 Å². The molecule has 2 atom stereocenters. The van der Waals surface area contributed by atoms with E-state index in [1.807, 2.05) is 12.1 Å². The van der Waals surface area contributed by atoms with Gasteiger partial charge in [-0.15, -0.1) is 0 Å². The molecule has 1 aromatic carbocycles. The lowest BCUT2D eigenvalue weighted by Gasteiger charge is -2.27. The molecular formula is C17H27NO2. The van der Waals surface area contributed by atoms with Gasteiger partial charge in [-0.05, 0) is 42.9 Å². The highest BCUT2D eigenvalue weighted by atomic mass is 16.5. The van der Waals surface area contributed by atoms with E-state index < -0.39 is 0 Å². The molecule has 0 bridgehead atoms. The minimum absolute atomic E-state index is 0.115. The van der Waals surface area contributed by atoms with E-state index in [9.17, 15) is 5.11 Å². The molecule has 3 heteroatoms. The molecule has 1 fully saturated rings. The van der Waals surface area contributed by atoms with Crippen molar-refractivity contribution >= 4 is 0 Å². The van der Waals surface area contributed by atoms with E-state index in [4.69, 9.17) is 4.74 Å². The molecule has 0 spiro atoms. The molecule has 0 aliphatic heterocycles. The van der Waals surface area contributed by atoms with E-state index in [1.165, 1.54) is 18.4 Å². The summed E-state index contributed by atoms with van der Waals surface area (Å²) in [4.78, 5) is 0. The van der Waals surface area contributed by atoms with Crippen molar-refractivity contribution in [1.82, 2.24) is 5.32 Å². The quantitative estimate of drug-likeness (QED) is 0.804. The Morgan fingerprint density at radius 1 is 1.30 bits per heavy atom. The minimum Gasteiger partial charge on any atom is -0.494 e. The fraction of sp³-hybridized carbons (Fsp3) is 0.647. The molecule has 0 radical (unpaired) electrons. The Kier molecular flexibility index (Phi) is 6.34. The third kappa shape index (κ3) is 4.80. The van der Waals surface area contributed by atoms with E-state index in [0.717, 1.165) is 44.7 Å². The summed E-state index contributed by atoms with van der Waals surface area (Å²) < 4.78 is 5.64. The van der Waals surface area contributed by atoms with Crippen molar-refractivity contribution in [2.24, 2.45) is 5.92 Å². The lowest BCUT2D eigenvalue weighted by Crippen LogP contribution is -2.33. The lowest BCUT2D eigenvalue weighted by molar-refractivity contribution is 0.0695. The average Bonchev–Trinajstić information content (AvgIpc) is 2.48. The highest BCUT2D eigenvalue weighted by Gasteiger charge is 2.22. The van der Waals surface area contributed by atoms with E-state index >= 15 is 0 Å². The summed E-state index contributed by atoms with van der Waals surface area (Å²) in [6, 6.07) is 8.25. The predicted molar refractivity (Wildman–Crippen MR) is 81.9 cm³/mol. The first-order valence-electron chi connectivity index (χ1n) is 7.90. The van der Waals surface area contributed by atoms with Crippen LogP contribution in [0.1, 0.15) is 44.6 Å². The zero-order valence-electron chi connectivity index (χ0n) is 12.5. The topological polar surface area (TPSA) is 41.5 Å². The summed E-state index contributed by atoms with van der Waals surface area (Å²) in [6.45, 7) is 4.62. The predicted octanol–water partition coefficient (Wildman–Crippen LogP) is 3.12. The maximum absolute atomic E-state index is 9.95. The number of benzene rings is 1. The number of nitrogens with one attached hydrogen (secondary N) is 1. The molecular weight excluding hydrogens is 250 g/mol. The molecule has 1 aromatic rings. The highest BCUT2D eigenvalue weighted by Crippen LogP contribution is 2.23. The van der Waals surface area contributed by atoms with Crippen molar-refractivity contribution in [3.05, 3.63) is 29.8 Å². The molecule has 2 rings (SSSR count). The van der Waals surface area contributed by atoms with E-state index in [0.29, 0.717) is 5.92 Å². The smallest absolute Gasteiger partial charge is 0.119 e. The van der Waals surface area contributed by atoms with Crippen molar-refractivity contribution in [3.8, 4) is 5.75 Å². The van der Waals surface area contributed by atoms with Gasteiger partial charge in [0.05, 0.1) is 12.7 Å². The molecule has 2 N–H and O–H groups in total. The second kappa shape index (κ2) is 8.28. The summed E-state index contributed by atoms with van der Waals surface area (Å²) in [7, 11) is 0. The summed E-state index contributed by atoms with van der Waals surface area (Å²) in [5.74, 6) is 1.37. The summed E-state index contributed by atoms with van der Waals surface area (Å²) >= 11 is 0. The first kappa shape index (κ1) is 15.3. The Bertz CT molecular complexity index is 394. The SMILES string of the molecule is CCCOc1cccc(CNCC2CCCCC2O)c1. The second-order valence-electron chi connectivity index (χ2n) is 5.74. The number of hydrogen-bond acceptors (Lipinski definition) is 3. The molecule has 0 amide bonds. The Balaban J connectivity index is 1.75. The van der Waals surface area contributed by atoms with Crippen LogP contribution in [0.3, 0.4) is 0 Å². The summed E-state index contributed by atoms with van der Waals surface area (Å²) in [6.07, 6.45) is 5.45. The van der Waals surface area contributed by atoms with Gasteiger partial charge in [0.2, 0.25) is 0 Å². The normalized spacial score (nSPS) is 22.7. The van der Waals surface area contributed by atoms with Crippen LogP contribution in [-0.2, 0) is 6.54 Å². The Hall–Kier alpha value is -1.06. The molecule has 1 aliphatic rings. The van der Waals surface area contributed by atoms with Crippen LogP contribution in [0.25, 0.3) is 0 Å². The van der Waals surface area contributed by atoms with Crippen LogP contribution in [0.4, 0.5) is 0 Å². The Morgan fingerprint density at radius 3 is 2.95 bits per heavy atom. The molecule has 3 nitrogen and oxygen atoms in total. The molecule has 0 saturated heterocycles. The van der Waals surface area contributed by atoms with E-state index in [2.05, 4.69) is 24.4 Å². The molecule has 1 aliphatic carbocycles. The number of aliphatic hydroxyl groups excluding tert-OH is 1. The van der Waals surface area contributed by atoms with Gasteiger partial charge in [-0.2, -0.15) is 0 Å². The van der Waals surface area contributed by atoms with Crippen molar-refractivity contribution in [2.45, 2.75) is 51.7 Å². The number of ether oxygens (including phenoxy) is 1. The lowest BCUT2D eigenvalue weighted by atomic mass is 9.86. The van der Waals surface area contributed by atoms with Gasteiger partial charge in [0.25, 0.3) is 0 Å². The van der Waals surface area contributed by atoms with Gasteiger partial charge in [0.1, 0.15) is 5.75 Å². The summed E-state index contributed by atoms with van der Waals surface area (Å²) in [5, 5.41) is 13.4. The van der Waals surface area contributed by atoms with Crippen LogP contribution in [0.2, 0.25) is 0 Å². The van der Waals surface area contributed by atoms with E-state index in [-0.39, 0.29) is 6.10 Å². The van der Waals surface area contributed by atoms with Crippen molar-refractivity contribution in [1.29, 1.82) is 0 Å². The maximum Gasteiger partial charge on any atom is 0.119 e. The molecule has 0 heterocycles.